The Morgan fingerprint density at radius 3 is 2.62 bits per heavy atom. The van der Waals surface area contributed by atoms with E-state index in [0.717, 1.165) is 31.1 Å². The number of imidazole rings is 1. The van der Waals surface area contributed by atoms with Crippen molar-refractivity contribution in [2.24, 2.45) is 5.92 Å². The fraction of sp³-hybridized carbons (Fsp3) is 0.500. The van der Waals surface area contributed by atoms with E-state index < -0.39 is 13.0 Å². The quantitative estimate of drug-likeness (QED) is 0.343. The van der Waals surface area contributed by atoms with Gasteiger partial charge < -0.3 is 25.1 Å². The highest BCUT2D eigenvalue weighted by atomic mass is 19.3. The number of halogens is 2. The topological polar surface area (TPSA) is 130 Å². The molecule has 37 heavy (non-hydrogen) atoms. The standard InChI is InChI=1S/C24H30F2N10O/c1-12-30-21-22(36(12)11-17(25)26)32-16(10-29-21)15-9-28-20-18(15)19(27-2)33-24(34-20)31-14-7-5-13(6-8-14)23(37)35(3)4/h9-10,13-14,17H,5-8,11H2,1-4H3,(H3,27,28,31,33,34)/t13-,14-. The molecule has 3 N–H and O–H groups in total. The minimum Gasteiger partial charge on any atom is -0.372 e. The van der Waals surface area contributed by atoms with Crippen molar-refractivity contribution in [2.45, 2.75) is 51.6 Å². The van der Waals surface area contributed by atoms with Crippen molar-refractivity contribution in [3.8, 4) is 11.3 Å². The van der Waals surface area contributed by atoms with E-state index in [1.807, 2.05) is 0 Å². The predicted octanol–water partition coefficient (Wildman–Crippen LogP) is 3.44. The Labute approximate surface area is 212 Å². The van der Waals surface area contributed by atoms with Crippen LogP contribution in [0, 0.1) is 12.8 Å². The van der Waals surface area contributed by atoms with Gasteiger partial charge in [-0.1, -0.05) is 0 Å². The fourth-order valence-electron chi connectivity index (χ4n) is 5.00. The van der Waals surface area contributed by atoms with E-state index in [-0.39, 0.29) is 17.9 Å². The van der Waals surface area contributed by atoms with E-state index in [2.05, 4.69) is 40.5 Å². The molecule has 0 bridgehead atoms. The Hall–Kier alpha value is -3.90. The number of aryl methyl sites for hydroxylation is 1. The smallest absolute Gasteiger partial charge is 0.256 e. The highest BCUT2D eigenvalue weighted by Crippen LogP contribution is 2.33. The average Bonchev–Trinajstić information content (AvgIpc) is 3.43. The first-order valence-electron chi connectivity index (χ1n) is 12.3. The van der Waals surface area contributed by atoms with Crippen molar-refractivity contribution in [1.29, 1.82) is 0 Å². The summed E-state index contributed by atoms with van der Waals surface area (Å²) in [7, 11) is 5.36. The number of carbonyl (C=O) groups excluding carboxylic acids is 1. The van der Waals surface area contributed by atoms with Crippen LogP contribution in [0.2, 0.25) is 0 Å². The molecule has 11 nitrogen and oxygen atoms in total. The van der Waals surface area contributed by atoms with Gasteiger partial charge in [-0.3, -0.25) is 4.79 Å². The number of H-pyrrole nitrogens is 1. The van der Waals surface area contributed by atoms with Gasteiger partial charge in [-0.05, 0) is 32.6 Å². The van der Waals surface area contributed by atoms with Gasteiger partial charge in [0.1, 0.15) is 17.3 Å². The van der Waals surface area contributed by atoms with Crippen LogP contribution in [0.15, 0.2) is 12.4 Å². The van der Waals surface area contributed by atoms with Gasteiger partial charge in [0.15, 0.2) is 11.3 Å². The molecule has 0 atom stereocenters. The zero-order valence-corrected chi connectivity index (χ0v) is 21.2. The summed E-state index contributed by atoms with van der Waals surface area (Å²) >= 11 is 0. The monoisotopic (exact) mass is 512 g/mol. The van der Waals surface area contributed by atoms with E-state index in [0.29, 0.717) is 45.8 Å². The van der Waals surface area contributed by atoms with Crippen molar-refractivity contribution in [2.75, 3.05) is 31.8 Å². The second-order valence-electron chi connectivity index (χ2n) is 9.56. The molecule has 5 rings (SSSR count). The summed E-state index contributed by atoms with van der Waals surface area (Å²) in [5.41, 5.74) is 2.43. The van der Waals surface area contributed by atoms with Gasteiger partial charge in [-0.25, -0.2) is 23.7 Å². The van der Waals surface area contributed by atoms with Crippen molar-refractivity contribution >= 4 is 40.0 Å². The Bertz CT molecular complexity index is 1440. The van der Waals surface area contributed by atoms with Crippen LogP contribution in [0.5, 0.6) is 0 Å². The van der Waals surface area contributed by atoms with Gasteiger partial charge in [0.2, 0.25) is 11.9 Å². The molecule has 1 aliphatic rings. The molecule has 13 heteroatoms. The number of aromatic nitrogens is 7. The number of alkyl halides is 2. The number of hydrogen-bond acceptors (Lipinski definition) is 8. The van der Waals surface area contributed by atoms with Crippen LogP contribution in [0.3, 0.4) is 0 Å². The molecule has 0 radical (unpaired) electrons. The molecule has 0 spiro atoms. The molecule has 4 aromatic rings. The first kappa shape index (κ1) is 24.8. The predicted molar refractivity (Wildman–Crippen MR) is 137 cm³/mol. The van der Waals surface area contributed by atoms with E-state index in [9.17, 15) is 13.6 Å². The Kier molecular flexibility index (Phi) is 6.61. The van der Waals surface area contributed by atoms with Crippen molar-refractivity contribution in [3.63, 3.8) is 0 Å². The zero-order chi connectivity index (χ0) is 26.3. The SMILES string of the molecule is CNc1nc(N[C@H]2CC[C@H](C(=O)N(C)C)CC2)nc2[nH]cc(-c3cnc4nc(C)n(CC(F)F)c4n3)c12. The van der Waals surface area contributed by atoms with Crippen molar-refractivity contribution < 1.29 is 13.6 Å². The second-order valence-corrected chi connectivity index (χ2v) is 9.56. The Balaban J connectivity index is 1.42. The molecule has 1 aliphatic carbocycles. The molecule has 0 unspecified atom stereocenters. The third-order valence-corrected chi connectivity index (χ3v) is 6.86. The van der Waals surface area contributed by atoms with E-state index in [1.165, 1.54) is 4.57 Å². The van der Waals surface area contributed by atoms with E-state index >= 15 is 0 Å². The van der Waals surface area contributed by atoms with Crippen molar-refractivity contribution in [3.05, 3.63) is 18.2 Å². The summed E-state index contributed by atoms with van der Waals surface area (Å²) in [6.45, 7) is 1.16. The summed E-state index contributed by atoms with van der Waals surface area (Å²) in [6.07, 6.45) is 4.17. The summed E-state index contributed by atoms with van der Waals surface area (Å²) < 4.78 is 27.6. The Morgan fingerprint density at radius 2 is 1.95 bits per heavy atom. The lowest BCUT2D eigenvalue weighted by Crippen LogP contribution is -2.35. The lowest BCUT2D eigenvalue weighted by molar-refractivity contribution is -0.133. The summed E-state index contributed by atoms with van der Waals surface area (Å²) in [6, 6.07) is 0.175. The minimum absolute atomic E-state index is 0.0644. The molecule has 1 fully saturated rings. The molecular formula is C24H30F2N10O. The number of anilines is 2. The number of carbonyl (C=O) groups is 1. The minimum atomic E-state index is -2.53. The molecule has 0 aromatic carbocycles. The third-order valence-electron chi connectivity index (χ3n) is 6.86. The van der Waals surface area contributed by atoms with Crippen molar-refractivity contribution in [1.82, 2.24) is 39.4 Å². The molecule has 4 aromatic heterocycles. The van der Waals surface area contributed by atoms with Crippen LogP contribution in [-0.4, -0.2) is 78.9 Å². The number of nitrogens with zero attached hydrogens (tertiary/aromatic N) is 7. The molecule has 0 saturated heterocycles. The van der Waals surface area contributed by atoms with Crippen LogP contribution in [-0.2, 0) is 11.3 Å². The van der Waals surface area contributed by atoms with E-state index in [1.54, 1.807) is 45.4 Å². The summed E-state index contributed by atoms with van der Waals surface area (Å²) in [5, 5.41) is 7.27. The number of rotatable bonds is 7. The molecule has 1 saturated carbocycles. The summed E-state index contributed by atoms with van der Waals surface area (Å²) in [5.74, 6) is 1.76. The van der Waals surface area contributed by atoms with Crippen LogP contribution in [0.4, 0.5) is 20.5 Å². The number of fused-ring (bicyclic) bond motifs is 2. The van der Waals surface area contributed by atoms with Crippen LogP contribution in [0.25, 0.3) is 33.6 Å². The first-order valence-corrected chi connectivity index (χ1v) is 12.3. The molecular weight excluding hydrogens is 482 g/mol. The van der Waals surface area contributed by atoms with Crippen LogP contribution < -0.4 is 10.6 Å². The number of aromatic amines is 1. The largest absolute Gasteiger partial charge is 0.372 e. The first-order chi connectivity index (χ1) is 17.7. The molecule has 196 valence electrons. The fourth-order valence-corrected chi connectivity index (χ4v) is 5.00. The second kappa shape index (κ2) is 9.87. The number of amides is 1. The van der Waals surface area contributed by atoms with Gasteiger partial charge in [-0.15, -0.1) is 0 Å². The van der Waals surface area contributed by atoms with Crippen LogP contribution in [0.1, 0.15) is 31.5 Å². The maximum atomic E-state index is 13.1. The molecule has 1 amide bonds. The highest BCUT2D eigenvalue weighted by Gasteiger charge is 2.28. The third kappa shape index (κ3) is 4.77. The van der Waals surface area contributed by atoms with Gasteiger partial charge >= 0.3 is 0 Å². The Morgan fingerprint density at radius 1 is 1.19 bits per heavy atom. The average molecular weight is 513 g/mol. The normalized spacial score (nSPS) is 18.0. The number of nitrogens with one attached hydrogen (secondary N) is 3. The van der Waals surface area contributed by atoms with Crippen LogP contribution >= 0.6 is 0 Å². The maximum Gasteiger partial charge on any atom is 0.256 e. The lowest BCUT2D eigenvalue weighted by atomic mass is 9.85. The maximum absolute atomic E-state index is 13.1. The lowest BCUT2D eigenvalue weighted by Gasteiger charge is -2.29. The zero-order valence-electron chi connectivity index (χ0n) is 21.2. The molecule has 0 aliphatic heterocycles. The van der Waals surface area contributed by atoms with Gasteiger partial charge in [-0.2, -0.15) is 9.97 Å². The molecule has 4 heterocycles. The van der Waals surface area contributed by atoms with Gasteiger partial charge in [0.05, 0.1) is 23.8 Å². The van der Waals surface area contributed by atoms with E-state index in [4.69, 9.17) is 0 Å². The summed E-state index contributed by atoms with van der Waals surface area (Å²) in [4.78, 5) is 39.7. The number of hydrogen-bond donors (Lipinski definition) is 3. The highest BCUT2D eigenvalue weighted by molar-refractivity contribution is 6.01. The van der Waals surface area contributed by atoms with Gasteiger partial charge in [0, 0.05) is 44.9 Å². The van der Waals surface area contributed by atoms with Gasteiger partial charge in [0.25, 0.3) is 6.43 Å².